The summed E-state index contributed by atoms with van der Waals surface area (Å²) in [6.45, 7) is 5.21. The predicted octanol–water partition coefficient (Wildman–Crippen LogP) is 1.36. The van der Waals surface area contributed by atoms with Crippen LogP contribution in [-0.2, 0) is 13.1 Å². The van der Waals surface area contributed by atoms with E-state index in [4.69, 9.17) is 0 Å². The first-order chi connectivity index (χ1) is 5.25. The van der Waals surface area contributed by atoms with Crippen LogP contribution in [0.3, 0.4) is 0 Å². The van der Waals surface area contributed by atoms with E-state index in [9.17, 15) is 0 Å². The summed E-state index contributed by atoms with van der Waals surface area (Å²) in [6, 6.07) is 2.16. The molecule has 0 aromatic carbocycles. The third-order valence-corrected chi connectivity index (χ3v) is 2.70. The number of hydrogen-bond acceptors (Lipinski definition) is 2. The molecule has 0 bridgehead atoms. The van der Waals surface area contributed by atoms with E-state index in [-0.39, 0.29) is 0 Å². The lowest BCUT2D eigenvalue weighted by atomic mass is 10.3. The second-order valence-corrected chi connectivity index (χ2v) is 4.21. The van der Waals surface area contributed by atoms with Gasteiger partial charge in [-0.1, -0.05) is 0 Å². The Morgan fingerprint density at radius 3 is 3.18 bits per heavy atom. The van der Waals surface area contributed by atoms with Gasteiger partial charge in [0.1, 0.15) is 0 Å². The lowest BCUT2D eigenvalue weighted by Gasteiger charge is -2.20. The number of rotatable bonds is 0. The van der Waals surface area contributed by atoms with Crippen molar-refractivity contribution < 1.29 is 0 Å². The van der Waals surface area contributed by atoms with Crippen molar-refractivity contribution in [3.8, 4) is 0 Å². The molecular weight excluding hydrogens is 253 g/mol. The maximum Gasteiger partial charge on any atom is 0.0597 e. The Kier molecular flexibility index (Phi) is 1.88. The fourth-order valence-corrected chi connectivity index (χ4v) is 1.94. The van der Waals surface area contributed by atoms with Crippen LogP contribution in [0.5, 0.6) is 0 Å². The Hall–Kier alpha value is -0.100. The van der Waals surface area contributed by atoms with Crippen LogP contribution in [0.15, 0.2) is 6.07 Å². The van der Waals surface area contributed by atoms with Gasteiger partial charge in [0.25, 0.3) is 0 Å². The van der Waals surface area contributed by atoms with E-state index in [1.807, 2.05) is 6.92 Å². The minimum atomic E-state index is 1.03. The van der Waals surface area contributed by atoms with Crippen molar-refractivity contribution in [3.05, 3.63) is 17.5 Å². The van der Waals surface area contributed by atoms with Gasteiger partial charge < -0.3 is 0 Å². The molecule has 1 aliphatic rings. The van der Waals surface area contributed by atoms with Gasteiger partial charge in [-0.3, -0.25) is 4.68 Å². The minimum absolute atomic E-state index is 1.03. The van der Waals surface area contributed by atoms with Gasteiger partial charge in [0.15, 0.2) is 0 Å². The van der Waals surface area contributed by atoms with Gasteiger partial charge in [0, 0.05) is 29.4 Å². The molecule has 0 radical (unpaired) electrons. The van der Waals surface area contributed by atoms with E-state index in [0.717, 1.165) is 25.3 Å². The molecule has 0 spiro atoms. The Bertz CT molecular complexity index is 269. The van der Waals surface area contributed by atoms with E-state index in [2.05, 4.69) is 41.8 Å². The molecule has 1 aromatic rings. The number of hydrogen-bond donors (Lipinski definition) is 0. The minimum Gasteiger partial charge on any atom is -0.267 e. The standard InChI is InChI=1S/C7H10IN3/c1-6-4-7-5-10(8)2-3-11(7)9-6/h4H,2-3,5H2,1H3. The first-order valence-electron chi connectivity index (χ1n) is 3.70. The van der Waals surface area contributed by atoms with E-state index >= 15 is 0 Å². The first-order valence-corrected chi connectivity index (χ1v) is 4.66. The van der Waals surface area contributed by atoms with E-state index in [1.54, 1.807) is 0 Å². The van der Waals surface area contributed by atoms with Gasteiger partial charge in [-0.25, -0.2) is 3.11 Å². The van der Waals surface area contributed by atoms with Gasteiger partial charge >= 0.3 is 0 Å². The average Bonchev–Trinajstić information content (AvgIpc) is 2.27. The van der Waals surface area contributed by atoms with Crippen LogP contribution in [0.1, 0.15) is 11.4 Å². The first kappa shape index (κ1) is 7.54. The van der Waals surface area contributed by atoms with Crippen LogP contribution < -0.4 is 0 Å². The second kappa shape index (κ2) is 2.75. The van der Waals surface area contributed by atoms with Gasteiger partial charge in [0.2, 0.25) is 0 Å². The number of halogens is 1. The summed E-state index contributed by atoms with van der Waals surface area (Å²) in [5, 5.41) is 4.37. The molecule has 1 aliphatic heterocycles. The highest BCUT2D eigenvalue weighted by atomic mass is 127. The van der Waals surface area contributed by atoms with Gasteiger partial charge in [-0.05, 0) is 13.0 Å². The lowest BCUT2D eigenvalue weighted by Crippen LogP contribution is -2.26. The molecule has 60 valence electrons. The Morgan fingerprint density at radius 1 is 1.55 bits per heavy atom. The monoisotopic (exact) mass is 263 g/mol. The quantitative estimate of drug-likeness (QED) is 0.520. The molecule has 0 N–H and O–H groups in total. The molecule has 1 aromatic heterocycles. The number of fused-ring (bicyclic) bond motifs is 1. The van der Waals surface area contributed by atoms with Gasteiger partial charge in [-0.15, -0.1) is 0 Å². The summed E-state index contributed by atoms with van der Waals surface area (Å²) < 4.78 is 4.39. The maximum absolute atomic E-state index is 4.37. The van der Waals surface area contributed by atoms with E-state index < -0.39 is 0 Å². The summed E-state index contributed by atoms with van der Waals surface area (Å²) in [7, 11) is 0. The van der Waals surface area contributed by atoms with Crippen LogP contribution >= 0.6 is 22.9 Å². The van der Waals surface area contributed by atoms with Crippen LogP contribution in [-0.4, -0.2) is 19.4 Å². The van der Waals surface area contributed by atoms with Crippen molar-refractivity contribution in [3.63, 3.8) is 0 Å². The largest absolute Gasteiger partial charge is 0.267 e. The summed E-state index contributed by atoms with van der Waals surface area (Å²) in [5.41, 5.74) is 2.47. The van der Waals surface area contributed by atoms with E-state index in [1.165, 1.54) is 5.69 Å². The fraction of sp³-hybridized carbons (Fsp3) is 0.571. The molecule has 0 fully saturated rings. The lowest BCUT2D eigenvalue weighted by molar-refractivity contribution is 0.379. The molecule has 0 unspecified atom stereocenters. The van der Waals surface area contributed by atoms with Crippen molar-refractivity contribution in [1.29, 1.82) is 0 Å². The molecule has 0 aliphatic carbocycles. The molecule has 0 saturated carbocycles. The molecule has 2 rings (SSSR count). The molecule has 2 heterocycles. The smallest absolute Gasteiger partial charge is 0.0597 e. The highest BCUT2D eigenvalue weighted by molar-refractivity contribution is 14.1. The summed E-state index contributed by atoms with van der Waals surface area (Å²) in [6.07, 6.45) is 0. The SMILES string of the molecule is Cc1cc2n(n1)CCN(I)C2. The Morgan fingerprint density at radius 2 is 2.36 bits per heavy atom. The molecule has 4 heteroatoms. The summed E-state index contributed by atoms with van der Waals surface area (Å²) in [5.74, 6) is 0. The van der Waals surface area contributed by atoms with Crippen molar-refractivity contribution >= 4 is 22.9 Å². The third-order valence-electron chi connectivity index (χ3n) is 1.87. The van der Waals surface area contributed by atoms with Crippen LogP contribution in [0.2, 0.25) is 0 Å². The van der Waals surface area contributed by atoms with Crippen molar-refractivity contribution in [2.24, 2.45) is 0 Å². The number of nitrogens with zero attached hydrogens (tertiary/aromatic N) is 3. The van der Waals surface area contributed by atoms with Crippen LogP contribution in [0.25, 0.3) is 0 Å². The molecule has 0 atom stereocenters. The Balaban J connectivity index is 2.34. The zero-order valence-electron chi connectivity index (χ0n) is 6.42. The molecule has 3 nitrogen and oxygen atoms in total. The highest BCUT2D eigenvalue weighted by Gasteiger charge is 2.14. The van der Waals surface area contributed by atoms with Gasteiger partial charge in [-0.2, -0.15) is 5.10 Å². The van der Waals surface area contributed by atoms with Crippen molar-refractivity contribution in [2.75, 3.05) is 6.54 Å². The zero-order chi connectivity index (χ0) is 7.84. The fourth-order valence-electron chi connectivity index (χ4n) is 1.38. The van der Waals surface area contributed by atoms with Crippen LogP contribution in [0.4, 0.5) is 0 Å². The molecule has 0 amide bonds. The number of aryl methyl sites for hydroxylation is 1. The normalized spacial score (nSPS) is 18.4. The molecule has 11 heavy (non-hydrogen) atoms. The summed E-state index contributed by atoms with van der Waals surface area (Å²) in [4.78, 5) is 0. The zero-order valence-corrected chi connectivity index (χ0v) is 8.58. The highest BCUT2D eigenvalue weighted by Crippen LogP contribution is 2.15. The number of aromatic nitrogens is 2. The van der Waals surface area contributed by atoms with Crippen LogP contribution in [0, 0.1) is 6.92 Å². The predicted molar refractivity (Wildman–Crippen MR) is 51.4 cm³/mol. The van der Waals surface area contributed by atoms with Gasteiger partial charge in [0.05, 0.1) is 24.5 Å². The maximum atomic E-state index is 4.37. The van der Waals surface area contributed by atoms with Crippen molar-refractivity contribution in [1.82, 2.24) is 12.9 Å². The summed E-state index contributed by atoms with van der Waals surface area (Å²) >= 11 is 2.36. The molecular formula is C7H10IN3. The topological polar surface area (TPSA) is 21.1 Å². The Labute approximate surface area is 79.9 Å². The third kappa shape index (κ3) is 1.41. The molecule has 0 saturated heterocycles. The van der Waals surface area contributed by atoms with E-state index in [0.29, 0.717) is 0 Å². The van der Waals surface area contributed by atoms with Crippen molar-refractivity contribution in [2.45, 2.75) is 20.0 Å². The average molecular weight is 263 g/mol. The second-order valence-electron chi connectivity index (χ2n) is 2.84.